The van der Waals surface area contributed by atoms with Crippen LogP contribution in [-0.4, -0.2) is 152 Å². The highest BCUT2D eigenvalue weighted by Crippen LogP contribution is 2.13. The Morgan fingerprint density at radius 3 is 1.74 bits per heavy atom. The average Bonchev–Trinajstić information content (AvgIpc) is 3.83. The van der Waals surface area contributed by atoms with Gasteiger partial charge in [0.2, 0.25) is 47.3 Å². The maximum atomic E-state index is 14.0. The van der Waals surface area contributed by atoms with Crippen LogP contribution in [0.4, 0.5) is 0 Å². The minimum Gasteiger partial charge on any atom is -0.508 e. The van der Waals surface area contributed by atoms with Crippen molar-refractivity contribution in [1.82, 2.24) is 52.5 Å². The van der Waals surface area contributed by atoms with Crippen molar-refractivity contribution in [2.24, 2.45) is 39.9 Å². The molecule has 404 valence electrons. The van der Waals surface area contributed by atoms with E-state index < -0.39 is 139 Å². The number of amides is 8. The number of aromatic hydroxyl groups is 1. The van der Waals surface area contributed by atoms with Crippen LogP contribution in [0.1, 0.15) is 84.9 Å². The molecule has 1 heterocycles. The topological polar surface area (TPSA) is 447 Å². The van der Waals surface area contributed by atoms with E-state index in [4.69, 9.17) is 17.2 Å². The summed E-state index contributed by atoms with van der Waals surface area (Å²) in [6.45, 7) is 8.75. The molecule has 0 aliphatic carbocycles. The number of phenolic OH excluding ortho intramolecular Hbond substituents is 1. The number of rotatable bonds is 32. The van der Waals surface area contributed by atoms with Crippen molar-refractivity contribution in [3.05, 3.63) is 48.0 Å². The predicted octanol–water partition coefficient (Wildman–Crippen LogP) is -3.27. The van der Waals surface area contributed by atoms with Gasteiger partial charge in [-0.05, 0) is 67.6 Å². The molecule has 73 heavy (non-hydrogen) atoms. The Balaban J connectivity index is 2.18. The number of H-pyrrole nitrogens is 1. The number of phenols is 1. The molecule has 0 radical (unpaired) electrons. The van der Waals surface area contributed by atoms with Crippen LogP contribution in [0.25, 0.3) is 0 Å². The summed E-state index contributed by atoms with van der Waals surface area (Å²) in [5, 5.41) is 48.5. The number of carboxylic acids is 2. The summed E-state index contributed by atoms with van der Waals surface area (Å²) in [4.78, 5) is 141. The van der Waals surface area contributed by atoms with Gasteiger partial charge in [-0.25, -0.2) is 9.78 Å². The van der Waals surface area contributed by atoms with E-state index >= 15 is 0 Å². The zero-order valence-electron chi connectivity index (χ0n) is 41.9. The van der Waals surface area contributed by atoms with Crippen LogP contribution in [0, 0.1) is 17.8 Å². The fraction of sp³-hybridized carbons (Fsp3) is 0.565. The molecule has 1 aromatic heterocycles. The molecule has 0 saturated carbocycles. The number of nitrogens with two attached hydrogens (primary N) is 3. The zero-order chi connectivity index (χ0) is 54.9. The number of aliphatic carboxylic acids is 2. The van der Waals surface area contributed by atoms with E-state index in [0.29, 0.717) is 11.3 Å². The summed E-state index contributed by atoms with van der Waals surface area (Å²) in [5.74, 6) is -10.7. The van der Waals surface area contributed by atoms with E-state index in [0.717, 1.165) is 0 Å². The SMILES string of the molecule is CC(C)C[C@H](NC(=O)[C@H](CCCN=C(N)N)NC(=O)[C@H](Cc1cnc[nH]1)NC(=O)[C@H](CCC(=O)O)NC(=O)[C@@H](NC(=O)CNC(=O)CNC(=O)[C@@H](NC(=O)[C@@H](N)Cc1ccc(O)cc1)C(C)C)C(C)C)C(=O)O. The van der Waals surface area contributed by atoms with Gasteiger partial charge >= 0.3 is 11.9 Å². The second kappa shape index (κ2) is 30.8. The largest absolute Gasteiger partial charge is 0.508 e. The lowest BCUT2D eigenvalue weighted by atomic mass is 10.0. The van der Waals surface area contributed by atoms with Gasteiger partial charge in [0.25, 0.3) is 0 Å². The number of hydrogen-bond donors (Lipinski definition) is 15. The summed E-state index contributed by atoms with van der Waals surface area (Å²) >= 11 is 0. The summed E-state index contributed by atoms with van der Waals surface area (Å²) in [6.07, 6.45) is 1.56. The molecule has 0 unspecified atom stereocenters. The van der Waals surface area contributed by atoms with Gasteiger partial charge in [0.05, 0.1) is 25.5 Å². The molecule has 0 fully saturated rings. The Bertz CT molecular complexity index is 2220. The van der Waals surface area contributed by atoms with E-state index in [1.165, 1.54) is 24.7 Å². The Hall–Kier alpha value is -7.84. The summed E-state index contributed by atoms with van der Waals surface area (Å²) < 4.78 is 0. The van der Waals surface area contributed by atoms with E-state index in [9.17, 15) is 63.3 Å². The van der Waals surface area contributed by atoms with Crippen molar-refractivity contribution < 1.29 is 63.3 Å². The molecule has 1 aromatic carbocycles. The highest BCUT2D eigenvalue weighted by atomic mass is 16.4. The molecule has 0 aliphatic rings. The van der Waals surface area contributed by atoms with Gasteiger partial charge in [-0.1, -0.05) is 53.7 Å². The number of carbonyl (C=O) groups is 10. The van der Waals surface area contributed by atoms with Crippen LogP contribution in [0.5, 0.6) is 5.75 Å². The van der Waals surface area contributed by atoms with Crippen molar-refractivity contribution in [3.8, 4) is 5.75 Å². The van der Waals surface area contributed by atoms with Crippen LogP contribution >= 0.6 is 0 Å². The second-order valence-corrected chi connectivity index (χ2v) is 18.4. The Labute approximate surface area is 422 Å². The third-order valence-electron chi connectivity index (χ3n) is 10.9. The van der Waals surface area contributed by atoms with Gasteiger partial charge in [-0.3, -0.25) is 48.1 Å². The molecule has 27 heteroatoms. The van der Waals surface area contributed by atoms with Crippen LogP contribution in [0.15, 0.2) is 41.8 Å². The van der Waals surface area contributed by atoms with Crippen LogP contribution in [0.3, 0.4) is 0 Å². The zero-order valence-corrected chi connectivity index (χ0v) is 41.9. The first-order valence-corrected chi connectivity index (χ1v) is 23.6. The first-order valence-electron chi connectivity index (χ1n) is 23.6. The number of guanidine groups is 1. The first-order chi connectivity index (χ1) is 34.3. The number of hydrogen-bond acceptors (Lipinski definition) is 14. The van der Waals surface area contributed by atoms with Gasteiger partial charge < -0.3 is 80.0 Å². The highest BCUT2D eigenvalue weighted by Gasteiger charge is 2.34. The van der Waals surface area contributed by atoms with Crippen molar-refractivity contribution in [2.45, 2.75) is 129 Å². The second-order valence-electron chi connectivity index (χ2n) is 18.4. The van der Waals surface area contributed by atoms with E-state index in [1.807, 2.05) is 0 Å². The van der Waals surface area contributed by atoms with Gasteiger partial charge in [0, 0.05) is 31.3 Å². The maximum absolute atomic E-state index is 14.0. The van der Waals surface area contributed by atoms with Crippen molar-refractivity contribution in [2.75, 3.05) is 19.6 Å². The fourth-order valence-electron chi connectivity index (χ4n) is 6.96. The molecule has 27 nitrogen and oxygen atoms in total. The van der Waals surface area contributed by atoms with Crippen molar-refractivity contribution in [1.29, 1.82) is 0 Å². The molecule has 0 saturated heterocycles. The molecule has 0 aliphatic heterocycles. The number of carbonyl (C=O) groups excluding carboxylic acids is 8. The first kappa shape index (κ1) is 61.3. The van der Waals surface area contributed by atoms with Crippen LogP contribution in [0.2, 0.25) is 0 Å². The van der Waals surface area contributed by atoms with Crippen LogP contribution in [-0.2, 0) is 60.8 Å². The monoisotopic (exact) mass is 1030 g/mol. The lowest BCUT2D eigenvalue weighted by molar-refractivity contribution is -0.143. The standard InChI is InChI=1S/C46H72N14O13/c1-23(2)16-33(45(72)73)58-40(67)30(8-7-15-51-46(48)49)55-42(69)32(18-27-19-50-22-54-27)57-41(68)31(13-14-36(64)65)56-44(71)38(25(5)6)59-35(63)21-52-34(62)20-53-43(70)37(24(3)4)60-39(66)29(47)17-26-9-11-28(61)12-10-26/h9-12,19,22-25,29-33,37-38,61H,7-8,13-18,20-21,47H2,1-6H3,(H,50,54)(H,52,62)(H,53,70)(H,55,69)(H,56,71)(H,57,68)(H,58,67)(H,59,63)(H,60,66)(H,64,65)(H,72,73)(H4,48,49,51)/t29-,30-,31-,32-,33-,37-,38-/m0/s1. The summed E-state index contributed by atoms with van der Waals surface area (Å²) in [5.41, 5.74) is 17.9. The predicted molar refractivity (Wildman–Crippen MR) is 263 cm³/mol. The minimum atomic E-state index is -1.61. The molecule has 18 N–H and O–H groups in total. The van der Waals surface area contributed by atoms with E-state index in [-0.39, 0.29) is 56.3 Å². The molecular formula is C46H72N14O13. The van der Waals surface area contributed by atoms with Crippen molar-refractivity contribution >= 4 is 65.2 Å². The third kappa shape index (κ3) is 23.3. The maximum Gasteiger partial charge on any atom is 0.326 e. The average molecular weight is 1030 g/mol. The minimum absolute atomic E-state index is 0.0406. The highest BCUT2D eigenvalue weighted by molar-refractivity contribution is 5.97. The van der Waals surface area contributed by atoms with Gasteiger partial charge in [0.15, 0.2) is 5.96 Å². The third-order valence-corrected chi connectivity index (χ3v) is 10.9. The fourth-order valence-corrected chi connectivity index (χ4v) is 6.96. The number of carboxylic acid groups (broad SMARTS) is 2. The van der Waals surface area contributed by atoms with Gasteiger partial charge in [0.1, 0.15) is 42.0 Å². The molecule has 0 spiro atoms. The van der Waals surface area contributed by atoms with E-state index in [1.54, 1.807) is 53.7 Å². The number of benzene rings is 1. The quantitative estimate of drug-likeness (QED) is 0.0194. The molecule has 0 bridgehead atoms. The number of aliphatic imine (C=N–C) groups is 1. The number of aromatic amines is 1. The Kier molecular flexibility index (Phi) is 25.9. The lowest BCUT2D eigenvalue weighted by Gasteiger charge is -2.27. The van der Waals surface area contributed by atoms with Crippen molar-refractivity contribution in [3.63, 3.8) is 0 Å². The van der Waals surface area contributed by atoms with Crippen LogP contribution < -0.4 is 59.7 Å². The molecule has 2 rings (SSSR count). The normalized spacial score (nSPS) is 13.9. The smallest absolute Gasteiger partial charge is 0.326 e. The Morgan fingerprint density at radius 1 is 0.644 bits per heavy atom. The van der Waals surface area contributed by atoms with Gasteiger partial charge in [-0.2, -0.15) is 0 Å². The molecular weight excluding hydrogens is 957 g/mol. The lowest BCUT2D eigenvalue weighted by Crippen LogP contribution is -2.60. The van der Waals surface area contributed by atoms with Gasteiger partial charge in [-0.15, -0.1) is 0 Å². The molecule has 8 amide bonds. The molecule has 2 aromatic rings. The number of aromatic nitrogens is 2. The number of nitrogens with one attached hydrogen (secondary N) is 9. The summed E-state index contributed by atoms with van der Waals surface area (Å²) in [7, 11) is 0. The number of nitrogens with zero attached hydrogens (tertiary/aromatic N) is 2. The Morgan fingerprint density at radius 2 is 1.19 bits per heavy atom. The summed E-state index contributed by atoms with van der Waals surface area (Å²) in [6, 6.07) is -3.15. The number of imidazole rings is 1. The van der Waals surface area contributed by atoms with E-state index in [2.05, 4.69) is 57.5 Å². The molecule has 7 atom stereocenters.